The minimum absolute atomic E-state index is 0.241. The molecule has 1 atom stereocenters. The minimum atomic E-state index is -0.535. The molecule has 2 N–H and O–H groups in total. The van der Waals surface area contributed by atoms with Gasteiger partial charge in [0.1, 0.15) is 12.7 Å². The zero-order valence-electron chi connectivity index (χ0n) is 17.7. The highest BCUT2D eigenvalue weighted by Gasteiger charge is 2.13. The maximum absolute atomic E-state index is 10.2. The molecule has 0 bridgehead atoms. The van der Waals surface area contributed by atoms with Crippen LogP contribution in [0.2, 0.25) is 0 Å². The Balaban J connectivity index is 1.91. The molecule has 0 saturated carbocycles. The maximum Gasteiger partial charge on any atom is 0.161 e. The van der Waals surface area contributed by atoms with Crippen molar-refractivity contribution >= 4 is 0 Å². The number of methoxy groups -OCH3 is 1. The third-order valence-corrected chi connectivity index (χ3v) is 4.67. The Bertz CT molecular complexity index is 715. The number of hydrogen-bond donors (Lipinski definition) is 2. The number of likely N-dealkylation sites (N-methyl/N-ethyl adjacent to an activating group) is 1. The molecule has 1 aromatic carbocycles. The number of aryl methyl sites for hydroxylation is 1. The summed E-state index contributed by atoms with van der Waals surface area (Å²) >= 11 is 0. The predicted octanol–water partition coefficient (Wildman–Crippen LogP) is 2.44. The first-order chi connectivity index (χ1) is 13.4. The summed E-state index contributed by atoms with van der Waals surface area (Å²) in [6.07, 6.45) is -0.535. The number of hydrogen-bond acceptors (Lipinski definition) is 6. The van der Waals surface area contributed by atoms with Gasteiger partial charge in [-0.3, -0.25) is 10.00 Å². The highest BCUT2D eigenvalue weighted by atomic mass is 16.5. The Labute approximate surface area is 168 Å². The zero-order chi connectivity index (χ0) is 20.5. The van der Waals surface area contributed by atoms with E-state index in [0.717, 1.165) is 43.1 Å². The maximum atomic E-state index is 10.2. The molecule has 1 aromatic heterocycles. The van der Waals surface area contributed by atoms with Gasteiger partial charge in [-0.2, -0.15) is 5.10 Å². The van der Waals surface area contributed by atoms with Crippen LogP contribution in [0.3, 0.4) is 0 Å². The van der Waals surface area contributed by atoms with Gasteiger partial charge in [0.05, 0.1) is 12.8 Å². The van der Waals surface area contributed by atoms with Crippen molar-refractivity contribution in [2.75, 3.05) is 40.4 Å². The second-order valence-corrected chi connectivity index (χ2v) is 7.15. The summed E-state index contributed by atoms with van der Waals surface area (Å²) in [7, 11) is 3.69. The summed E-state index contributed by atoms with van der Waals surface area (Å²) < 4.78 is 11.3. The molecule has 1 heterocycles. The third kappa shape index (κ3) is 6.82. The molecule has 0 radical (unpaired) electrons. The first kappa shape index (κ1) is 22.2. The number of ether oxygens (including phenoxy) is 2. The van der Waals surface area contributed by atoms with E-state index in [9.17, 15) is 5.11 Å². The number of aromatic amines is 1. The number of aliphatic hydroxyl groups excluding tert-OH is 1. The normalized spacial score (nSPS) is 12.6. The van der Waals surface area contributed by atoms with E-state index in [1.807, 2.05) is 25.1 Å². The summed E-state index contributed by atoms with van der Waals surface area (Å²) in [6.45, 7) is 10.4. The largest absolute Gasteiger partial charge is 0.493 e. The van der Waals surface area contributed by atoms with Crippen LogP contribution in [-0.4, -0.2) is 71.6 Å². The van der Waals surface area contributed by atoms with Gasteiger partial charge in [0.2, 0.25) is 0 Å². The van der Waals surface area contributed by atoms with Crippen LogP contribution in [0.4, 0.5) is 0 Å². The van der Waals surface area contributed by atoms with E-state index in [0.29, 0.717) is 18.0 Å². The number of aliphatic hydroxyl groups is 1. The number of nitrogens with zero attached hydrogens (tertiary/aromatic N) is 3. The molecule has 0 unspecified atom stereocenters. The van der Waals surface area contributed by atoms with Crippen molar-refractivity contribution < 1.29 is 14.6 Å². The van der Waals surface area contributed by atoms with Crippen molar-refractivity contribution in [3.8, 4) is 11.5 Å². The number of aromatic nitrogens is 2. The van der Waals surface area contributed by atoms with Gasteiger partial charge in [0.25, 0.3) is 0 Å². The predicted molar refractivity (Wildman–Crippen MR) is 111 cm³/mol. The number of H-pyrrole nitrogens is 1. The van der Waals surface area contributed by atoms with Gasteiger partial charge in [-0.05, 0) is 50.8 Å². The summed E-state index contributed by atoms with van der Waals surface area (Å²) in [6, 6.07) is 7.97. The van der Waals surface area contributed by atoms with Crippen molar-refractivity contribution in [2.45, 2.75) is 40.0 Å². The molecule has 0 aliphatic rings. The van der Waals surface area contributed by atoms with Crippen molar-refractivity contribution in [1.82, 2.24) is 20.0 Å². The van der Waals surface area contributed by atoms with E-state index < -0.39 is 6.10 Å². The topological polar surface area (TPSA) is 73.9 Å². The van der Waals surface area contributed by atoms with E-state index in [4.69, 9.17) is 9.47 Å². The van der Waals surface area contributed by atoms with E-state index in [1.54, 1.807) is 7.11 Å². The third-order valence-electron chi connectivity index (χ3n) is 4.67. The van der Waals surface area contributed by atoms with Crippen LogP contribution < -0.4 is 9.47 Å². The van der Waals surface area contributed by atoms with E-state index >= 15 is 0 Å². The average Bonchev–Trinajstić information content (AvgIpc) is 3.09. The van der Waals surface area contributed by atoms with Crippen LogP contribution in [0.25, 0.3) is 0 Å². The van der Waals surface area contributed by atoms with Gasteiger partial charge in [-0.1, -0.05) is 19.9 Å². The summed E-state index contributed by atoms with van der Waals surface area (Å²) in [5, 5.41) is 17.4. The van der Waals surface area contributed by atoms with Gasteiger partial charge in [0, 0.05) is 25.3 Å². The lowest BCUT2D eigenvalue weighted by Gasteiger charge is -2.22. The van der Waals surface area contributed by atoms with Crippen LogP contribution in [0.5, 0.6) is 11.5 Å². The van der Waals surface area contributed by atoms with Crippen molar-refractivity contribution in [3.63, 3.8) is 0 Å². The Morgan fingerprint density at radius 3 is 2.50 bits per heavy atom. The lowest BCUT2D eigenvalue weighted by molar-refractivity contribution is 0.0705. The standard InChI is InChI=1S/C21H34N4O3/c1-6-25(7-2)14-19(26)15-28-20-9-8-17(11-21(20)27-5)12-24(4)13-18-10-16(3)22-23-18/h8-11,19,26H,6-7,12-15H2,1-5H3,(H,22,23)/t19-/m1/s1. The molecule has 0 spiro atoms. The SMILES string of the molecule is CCN(CC)C[C@@H](O)COc1ccc(CN(C)Cc2cc(C)[nH]n2)cc1OC. The Kier molecular flexibility index (Phi) is 8.76. The summed E-state index contributed by atoms with van der Waals surface area (Å²) in [4.78, 5) is 4.36. The Morgan fingerprint density at radius 2 is 1.89 bits per heavy atom. The fourth-order valence-corrected chi connectivity index (χ4v) is 3.15. The lowest BCUT2D eigenvalue weighted by atomic mass is 10.2. The van der Waals surface area contributed by atoms with Crippen molar-refractivity contribution in [2.24, 2.45) is 0 Å². The van der Waals surface area contributed by atoms with Gasteiger partial charge in [-0.25, -0.2) is 0 Å². The van der Waals surface area contributed by atoms with E-state index in [1.165, 1.54) is 0 Å². The average molecular weight is 391 g/mol. The fourth-order valence-electron chi connectivity index (χ4n) is 3.15. The number of rotatable bonds is 12. The van der Waals surface area contributed by atoms with Gasteiger partial charge in [-0.15, -0.1) is 0 Å². The van der Waals surface area contributed by atoms with Gasteiger partial charge in [0.15, 0.2) is 11.5 Å². The minimum Gasteiger partial charge on any atom is -0.493 e. The molecule has 0 amide bonds. The molecular weight excluding hydrogens is 356 g/mol. The van der Waals surface area contributed by atoms with Crippen LogP contribution in [0.1, 0.15) is 30.8 Å². The second kappa shape index (κ2) is 11.0. The molecular formula is C21H34N4O3. The molecule has 0 aliphatic heterocycles. The highest BCUT2D eigenvalue weighted by molar-refractivity contribution is 5.43. The van der Waals surface area contributed by atoms with E-state index in [-0.39, 0.29) is 6.61 Å². The Hall–Kier alpha value is -2.09. The molecule has 7 heteroatoms. The highest BCUT2D eigenvalue weighted by Crippen LogP contribution is 2.28. The Morgan fingerprint density at radius 1 is 1.14 bits per heavy atom. The lowest BCUT2D eigenvalue weighted by Crippen LogP contribution is -2.35. The summed E-state index contributed by atoms with van der Waals surface area (Å²) in [5.41, 5.74) is 3.21. The van der Waals surface area contributed by atoms with Gasteiger partial charge < -0.3 is 19.5 Å². The quantitative estimate of drug-likeness (QED) is 0.580. The molecule has 2 rings (SSSR count). The molecule has 0 saturated heterocycles. The van der Waals surface area contributed by atoms with Crippen LogP contribution in [0, 0.1) is 6.92 Å². The summed E-state index contributed by atoms with van der Waals surface area (Å²) in [5.74, 6) is 1.33. The first-order valence-corrected chi connectivity index (χ1v) is 9.84. The van der Waals surface area contributed by atoms with E-state index in [2.05, 4.69) is 47.0 Å². The molecule has 0 aliphatic carbocycles. The number of nitrogens with one attached hydrogen (secondary N) is 1. The molecule has 2 aromatic rings. The molecule has 28 heavy (non-hydrogen) atoms. The van der Waals surface area contributed by atoms with Crippen LogP contribution in [-0.2, 0) is 13.1 Å². The first-order valence-electron chi connectivity index (χ1n) is 9.84. The smallest absolute Gasteiger partial charge is 0.161 e. The number of benzene rings is 1. The zero-order valence-corrected chi connectivity index (χ0v) is 17.7. The van der Waals surface area contributed by atoms with Crippen molar-refractivity contribution in [1.29, 1.82) is 0 Å². The van der Waals surface area contributed by atoms with Gasteiger partial charge >= 0.3 is 0 Å². The molecule has 7 nitrogen and oxygen atoms in total. The molecule has 0 fully saturated rings. The fraction of sp³-hybridized carbons (Fsp3) is 0.571. The second-order valence-electron chi connectivity index (χ2n) is 7.15. The van der Waals surface area contributed by atoms with Crippen molar-refractivity contribution in [3.05, 3.63) is 41.2 Å². The molecule has 156 valence electrons. The monoisotopic (exact) mass is 390 g/mol. The van der Waals surface area contributed by atoms with Crippen LogP contribution >= 0.6 is 0 Å². The van der Waals surface area contributed by atoms with Crippen LogP contribution in [0.15, 0.2) is 24.3 Å².